The molecule has 0 aromatic heterocycles. The van der Waals surface area contributed by atoms with Crippen molar-refractivity contribution in [1.82, 2.24) is 0 Å². The number of anilines is 1. The molecule has 0 unspecified atom stereocenters. The van der Waals surface area contributed by atoms with Crippen molar-refractivity contribution in [2.45, 2.75) is 4.90 Å². The van der Waals surface area contributed by atoms with Crippen molar-refractivity contribution >= 4 is 16.6 Å². The van der Waals surface area contributed by atoms with Gasteiger partial charge in [0, 0.05) is 10.6 Å². The molecule has 0 heterocycles. The van der Waals surface area contributed by atoms with E-state index >= 15 is 0 Å². The molecule has 5 nitrogen and oxygen atoms in total. The van der Waals surface area contributed by atoms with Crippen LogP contribution in [0.15, 0.2) is 29.2 Å². The van der Waals surface area contributed by atoms with Crippen LogP contribution in [0.5, 0.6) is 0 Å². The van der Waals surface area contributed by atoms with Crippen molar-refractivity contribution in [3.05, 3.63) is 24.3 Å². The number of hydrogen-bond acceptors (Lipinski definition) is 5. The third-order valence-electron chi connectivity index (χ3n) is 1.33. The number of hydrazine groups is 1. The van der Waals surface area contributed by atoms with E-state index in [0.29, 0.717) is 5.69 Å². The molecule has 68 valence electrons. The van der Waals surface area contributed by atoms with E-state index in [-0.39, 0.29) is 56.3 Å². The van der Waals surface area contributed by atoms with Gasteiger partial charge in [0.05, 0.1) is 0 Å². The molecule has 13 heavy (non-hydrogen) atoms. The van der Waals surface area contributed by atoms with Gasteiger partial charge in [0.1, 0.15) is 0 Å². The summed E-state index contributed by atoms with van der Waals surface area (Å²) in [6, 6.07) is 5.61. The van der Waals surface area contributed by atoms with Gasteiger partial charge in [0.15, 0.2) is 0 Å². The number of nitrogens with one attached hydrogen (secondary N) is 1. The first kappa shape index (κ1) is 13.8. The number of nitrogens with two attached hydrogens (primary N) is 1. The Morgan fingerprint density at radius 3 is 2.00 bits per heavy atom. The predicted octanol–water partition coefficient (Wildman–Crippen LogP) is -1.78. The fourth-order valence-corrected chi connectivity index (χ4v) is 1.22. The normalized spacial score (nSPS) is 11.7. The molecule has 0 aliphatic heterocycles. The average molecular weight is 228 g/mol. The molecule has 0 bridgehead atoms. The Morgan fingerprint density at radius 1 is 1.23 bits per heavy atom. The van der Waals surface area contributed by atoms with Crippen LogP contribution in [0.2, 0.25) is 0 Å². The summed E-state index contributed by atoms with van der Waals surface area (Å²) in [5.74, 6) is 5.06. The van der Waals surface area contributed by atoms with Crippen molar-refractivity contribution in [2.24, 2.45) is 5.84 Å². The summed E-state index contributed by atoms with van der Waals surface area (Å²) in [5.41, 5.74) is 2.95. The van der Waals surface area contributed by atoms with Crippen molar-refractivity contribution in [2.75, 3.05) is 5.43 Å². The topological polar surface area (TPSA) is 102 Å². The van der Waals surface area contributed by atoms with Gasteiger partial charge in [0.2, 0.25) is 0 Å². The first-order chi connectivity index (χ1) is 5.54. The minimum atomic E-state index is -3.85. The third kappa shape index (κ3) is 4.25. The molecule has 1 aromatic rings. The predicted molar refractivity (Wildman–Crippen MR) is 46.1 cm³/mol. The Balaban J connectivity index is 0.00000144. The van der Waals surface area contributed by atoms with Gasteiger partial charge in [-0.05, 0) is 24.3 Å². The van der Waals surface area contributed by atoms with E-state index in [1.165, 1.54) is 24.3 Å². The summed E-state index contributed by atoms with van der Waals surface area (Å²) in [7, 11) is -3.85. The van der Waals surface area contributed by atoms with Crippen molar-refractivity contribution in [1.29, 1.82) is 0 Å². The maximum Gasteiger partial charge on any atom is 1.00 e. The van der Waals surface area contributed by atoms with Gasteiger partial charge in [-0.3, -0.25) is 5.84 Å². The van der Waals surface area contributed by atoms with E-state index in [2.05, 4.69) is 5.43 Å². The zero-order chi connectivity index (χ0) is 9.19. The minimum absolute atomic E-state index is 0. The molecular formula is C6H9KN2O3S. The molecule has 0 atom stereocenters. The van der Waals surface area contributed by atoms with Crippen LogP contribution >= 0.6 is 10.9 Å². The van der Waals surface area contributed by atoms with E-state index in [0.717, 1.165) is 0 Å². The van der Waals surface area contributed by atoms with Crippen LogP contribution in [-0.4, -0.2) is 13.7 Å². The molecule has 0 fully saturated rings. The quantitative estimate of drug-likeness (QED) is 0.272. The van der Waals surface area contributed by atoms with Crippen LogP contribution in [0.4, 0.5) is 5.69 Å². The summed E-state index contributed by atoms with van der Waals surface area (Å²) in [6.45, 7) is 0. The molecule has 0 aliphatic rings. The summed E-state index contributed by atoms with van der Waals surface area (Å²) < 4.78 is 28.0. The number of rotatable bonds is 2. The zero-order valence-electron chi connectivity index (χ0n) is 7.10. The van der Waals surface area contributed by atoms with Gasteiger partial charge < -0.3 is 19.1 Å². The Morgan fingerprint density at radius 2 is 1.69 bits per heavy atom. The van der Waals surface area contributed by atoms with Gasteiger partial charge in [-0.1, -0.05) is 10.9 Å². The van der Waals surface area contributed by atoms with Gasteiger partial charge >= 0.3 is 51.4 Å². The van der Waals surface area contributed by atoms with Crippen molar-refractivity contribution in [3.8, 4) is 0 Å². The molecule has 7 heteroatoms. The molecule has 0 radical (unpaired) electrons. The Bertz CT molecular complexity index is 262. The molecule has 0 saturated heterocycles. The zero-order valence-corrected chi connectivity index (χ0v) is 11.0. The van der Waals surface area contributed by atoms with E-state index in [9.17, 15) is 4.55 Å². The maximum atomic E-state index is 10.6. The van der Waals surface area contributed by atoms with E-state index in [4.69, 9.17) is 14.9 Å². The van der Waals surface area contributed by atoms with Gasteiger partial charge in [-0.2, -0.15) is 0 Å². The van der Waals surface area contributed by atoms with Crippen LogP contribution in [-0.2, 0) is 0 Å². The number of benzene rings is 1. The van der Waals surface area contributed by atoms with Crippen molar-refractivity contribution < 1.29 is 65.0 Å². The molecule has 0 saturated carbocycles. The number of nitrogen functional groups attached to an aromatic ring is 1. The second-order valence-electron chi connectivity index (χ2n) is 2.17. The standard InChI is InChI=1S/C6H10N2O3S.K/c7-8-5-1-3-6(4-2-5)12(9,10)11;/h1-4,8-11H,7H2;/q;+1/p-1. The SMILES string of the molecule is NNc1ccc(S([O-])(O)O)cc1.[K+]. The molecule has 0 amide bonds. The van der Waals surface area contributed by atoms with Crippen LogP contribution in [0, 0.1) is 0 Å². The smallest absolute Gasteiger partial charge is 0.769 e. The minimum Gasteiger partial charge on any atom is -0.769 e. The maximum absolute atomic E-state index is 10.6. The van der Waals surface area contributed by atoms with E-state index in [1.807, 2.05) is 0 Å². The molecule has 1 rings (SSSR count). The molecular weight excluding hydrogens is 219 g/mol. The van der Waals surface area contributed by atoms with Gasteiger partial charge in [0.25, 0.3) is 0 Å². The average Bonchev–Trinajstić information content (AvgIpc) is 2.03. The van der Waals surface area contributed by atoms with Gasteiger partial charge in [-0.25, -0.2) is 0 Å². The van der Waals surface area contributed by atoms with Crippen LogP contribution in [0.3, 0.4) is 0 Å². The van der Waals surface area contributed by atoms with Crippen LogP contribution < -0.4 is 62.7 Å². The molecule has 0 aliphatic carbocycles. The second kappa shape index (κ2) is 5.66. The summed E-state index contributed by atoms with van der Waals surface area (Å²) >= 11 is 0. The fraction of sp³-hybridized carbons (Fsp3) is 0. The fourth-order valence-electron chi connectivity index (χ4n) is 0.728. The van der Waals surface area contributed by atoms with Gasteiger partial charge in [-0.15, -0.1) is 0 Å². The largest absolute Gasteiger partial charge is 1.00 e. The second-order valence-corrected chi connectivity index (χ2v) is 3.63. The van der Waals surface area contributed by atoms with Crippen LogP contribution in [0.1, 0.15) is 0 Å². The molecule has 5 N–H and O–H groups in total. The summed E-state index contributed by atoms with van der Waals surface area (Å²) in [6.07, 6.45) is 0. The Hall–Kier alpha value is 0.846. The molecule has 1 aromatic carbocycles. The monoisotopic (exact) mass is 228 g/mol. The molecule has 0 spiro atoms. The Labute approximate surface area is 120 Å². The summed E-state index contributed by atoms with van der Waals surface area (Å²) in [4.78, 5) is -0.0403. The summed E-state index contributed by atoms with van der Waals surface area (Å²) in [5, 5.41) is 0. The third-order valence-corrected chi connectivity index (χ3v) is 2.21. The van der Waals surface area contributed by atoms with Crippen LogP contribution in [0.25, 0.3) is 0 Å². The first-order valence-electron chi connectivity index (χ1n) is 3.10. The first-order valence-corrected chi connectivity index (χ1v) is 4.57. The van der Waals surface area contributed by atoms with Crippen molar-refractivity contribution in [3.63, 3.8) is 0 Å². The van der Waals surface area contributed by atoms with E-state index < -0.39 is 10.9 Å². The number of hydrogen-bond donors (Lipinski definition) is 4. The Kier molecular flexibility index (Phi) is 6.03. The van der Waals surface area contributed by atoms with E-state index in [1.54, 1.807) is 0 Å².